The van der Waals surface area contributed by atoms with Crippen LogP contribution in [-0.4, -0.2) is 18.0 Å². The first-order chi connectivity index (χ1) is 10.5. The summed E-state index contributed by atoms with van der Waals surface area (Å²) >= 11 is 9.53. The Balaban J connectivity index is 1.96. The zero-order valence-corrected chi connectivity index (χ0v) is 14.9. The van der Waals surface area contributed by atoms with Crippen LogP contribution < -0.4 is 5.32 Å². The number of nitrogens with zero attached hydrogens (tertiary/aromatic N) is 1. The zero-order chi connectivity index (χ0) is 16.1. The molecule has 0 saturated heterocycles. The van der Waals surface area contributed by atoms with E-state index < -0.39 is 0 Å². The molecule has 0 bridgehead atoms. The highest BCUT2D eigenvalue weighted by molar-refractivity contribution is 9.10. The molecule has 0 radical (unpaired) electrons. The molecule has 0 aliphatic carbocycles. The molecular formula is C17H18BrClN2O. The number of urea groups is 1. The van der Waals surface area contributed by atoms with Gasteiger partial charge in [-0.05, 0) is 36.2 Å². The van der Waals surface area contributed by atoms with Crippen LogP contribution in [0.1, 0.15) is 24.1 Å². The van der Waals surface area contributed by atoms with E-state index in [0.29, 0.717) is 11.6 Å². The van der Waals surface area contributed by atoms with E-state index in [9.17, 15) is 4.79 Å². The van der Waals surface area contributed by atoms with E-state index in [2.05, 4.69) is 21.2 Å². The summed E-state index contributed by atoms with van der Waals surface area (Å²) in [6, 6.07) is 15.3. The molecule has 0 saturated carbocycles. The van der Waals surface area contributed by atoms with Crippen molar-refractivity contribution >= 4 is 33.6 Å². The van der Waals surface area contributed by atoms with Gasteiger partial charge in [0.25, 0.3) is 0 Å². The molecule has 2 amide bonds. The van der Waals surface area contributed by atoms with Crippen LogP contribution in [0, 0.1) is 0 Å². The summed E-state index contributed by atoms with van der Waals surface area (Å²) in [5.41, 5.74) is 1.99. The highest BCUT2D eigenvalue weighted by Crippen LogP contribution is 2.18. The van der Waals surface area contributed by atoms with E-state index in [-0.39, 0.29) is 12.1 Å². The van der Waals surface area contributed by atoms with Crippen LogP contribution in [0.2, 0.25) is 5.02 Å². The molecule has 116 valence electrons. The van der Waals surface area contributed by atoms with Gasteiger partial charge >= 0.3 is 6.03 Å². The number of amides is 2. The predicted molar refractivity (Wildman–Crippen MR) is 94.0 cm³/mol. The third-order valence-electron chi connectivity index (χ3n) is 3.42. The van der Waals surface area contributed by atoms with Gasteiger partial charge in [0.2, 0.25) is 0 Å². The van der Waals surface area contributed by atoms with Crippen molar-refractivity contribution in [2.24, 2.45) is 0 Å². The molecule has 0 aromatic heterocycles. The summed E-state index contributed by atoms with van der Waals surface area (Å²) in [6.07, 6.45) is 0. The second kappa shape index (κ2) is 7.65. The van der Waals surface area contributed by atoms with Crippen molar-refractivity contribution in [3.05, 3.63) is 69.2 Å². The van der Waals surface area contributed by atoms with Gasteiger partial charge < -0.3 is 10.2 Å². The number of benzene rings is 2. The van der Waals surface area contributed by atoms with E-state index in [0.717, 1.165) is 15.6 Å². The Labute approximate surface area is 144 Å². The minimum Gasteiger partial charge on any atom is -0.331 e. The highest BCUT2D eigenvalue weighted by Gasteiger charge is 2.14. The lowest BCUT2D eigenvalue weighted by atomic mass is 10.1. The quantitative estimate of drug-likeness (QED) is 0.793. The molecule has 0 spiro atoms. The molecule has 5 heteroatoms. The molecule has 2 aromatic carbocycles. The Bertz CT molecular complexity index is 645. The fraction of sp³-hybridized carbons (Fsp3) is 0.235. The van der Waals surface area contributed by atoms with Crippen LogP contribution in [0.5, 0.6) is 0 Å². The van der Waals surface area contributed by atoms with Gasteiger partial charge in [-0.25, -0.2) is 4.79 Å². The van der Waals surface area contributed by atoms with Crippen LogP contribution in [-0.2, 0) is 6.54 Å². The molecule has 0 aliphatic heterocycles. The minimum atomic E-state index is -0.129. The average Bonchev–Trinajstić information content (AvgIpc) is 2.50. The van der Waals surface area contributed by atoms with Gasteiger partial charge in [0.05, 0.1) is 6.04 Å². The second-order valence-electron chi connectivity index (χ2n) is 5.17. The van der Waals surface area contributed by atoms with Gasteiger partial charge in [-0.15, -0.1) is 0 Å². The van der Waals surface area contributed by atoms with Crippen molar-refractivity contribution in [1.82, 2.24) is 10.2 Å². The summed E-state index contributed by atoms with van der Waals surface area (Å²) in [5.74, 6) is 0. The van der Waals surface area contributed by atoms with Crippen molar-refractivity contribution in [1.29, 1.82) is 0 Å². The number of hydrogen-bond acceptors (Lipinski definition) is 1. The number of carbonyl (C=O) groups is 1. The van der Waals surface area contributed by atoms with Gasteiger partial charge in [0.15, 0.2) is 0 Å². The maximum atomic E-state index is 12.3. The van der Waals surface area contributed by atoms with Crippen LogP contribution in [0.25, 0.3) is 0 Å². The van der Waals surface area contributed by atoms with Crippen LogP contribution in [0.3, 0.4) is 0 Å². The molecule has 0 fully saturated rings. The van der Waals surface area contributed by atoms with Gasteiger partial charge in [-0.2, -0.15) is 0 Å². The van der Waals surface area contributed by atoms with Crippen molar-refractivity contribution in [2.75, 3.05) is 7.05 Å². The Morgan fingerprint density at radius 3 is 2.50 bits per heavy atom. The number of rotatable bonds is 4. The number of halogens is 2. The van der Waals surface area contributed by atoms with Crippen LogP contribution in [0.15, 0.2) is 53.0 Å². The lowest BCUT2D eigenvalue weighted by Crippen LogP contribution is -2.38. The maximum absolute atomic E-state index is 12.3. The predicted octanol–water partition coefficient (Wildman–Crippen LogP) is 5.01. The summed E-state index contributed by atoms with van der Waals surface area (Å²) in [4.78, 5) is 13.9. The number of nitrogens with one attached hydrogen (secondary N) is 1. The monoisotopic (exact) mass is 380 g/mol. The number of carbonyl (C=O) groups excluding carboxylic acids is 1. The third kappa shape index (κ3) is 4.49. The molecule has 2 aromatic rings. The van der Waals surface area contributed by atoms with Crippen molar-refractivity contribution < 1.29 is 4.79 Å². The lowest BCUT2D eigenvalue weighted by Gasteiger charge is -2.22. The number of hydrogen-bond donors (Lipinski definition) is 1. The first kappa shape index (κ1) is 16.8. The maximum Gasteiger partial charge on any atom is 0.317 e. The molecule has 0 heterocycles. The standard InChI is InChI=1S/C17H18BrClN2O/c1-12(13-7-9-15(18)10-8-13)20-17(22)21(2)11-14-5-3-4-6-16(14)19/h3-10,12H,11H2,1-2H3,(H,20,22). The lowest BCUT2D eigenvalue weighted by molar-refractivity contribution is 0.203. The van der Waals surface area contributed by atoms with Crippen molar-refractivity contribution in [2.45, 2.75) is 19.5 Å². The molecule has 22 heavy (non-hydrogen) atoms. The largest absolute Gasteiger partial charge is 0.331 e. The van der Waals surface area contributed by atoms with E-state index in [1.165, 1.54) is 0 Å². The van der Waals surface area contributed by atoms with Crippen molar-refractivity contribution in [3.63, 3.8) is 0 Å². The summed E-state index contributed by atoms with van der Waals surface area (Å²) in [5, 5.41) is 3.65. The molecule has 2 rings (SSSR count). The van der Waals surface area contributed by atoms with E-state index in [1.807, 2.05) is 55.5 Å². The third-order valence-corrected chi connectivity index (χ3v) is 4.32. The molecule has 1 atom stereocenters. The average molecular weight is 382 g/mol. The fourth-order valence-corrected chi connectivity index (χ4v) is 2.54. The second-order valence-corrected chi connectivity index (χ2v) is 6.49. The SMILES string of the molecule is CC(NC(=O)N(C)Cc1ccccc1Cl)c1ccc(Br)cc1. The first-order valence-corrected chi connectivity index (χ1v) is 8.15. The van der Waals surface area contributed by atoms with Crippen molar-refractivity contribution in [3.8, 4) is 0 Å². The van der Waals surface area contributed by atoms with E-state index >= 15 is 0 Å². The van der Waals surface area contributed by atoms with E-state index in [1.54, 1.807) is 11.9 Å². The Hall–Kier alpha value is -1.52. The normalized spacial score (nSPS) is 11.8. The van der Waals surface area contributed by atoms with Gasteiger partial charge in [0.1, 0.15) is 0 Å². The van der Waals surface area contributed by atoms with E-state index in [4.69, 9.17) is 11.6 Å². The molecule has 3 nitrogen and oxygen atoms in total. The van der Waals surface area contributed by atoms with Crippen LogP contribution in [0.4, 0.5) is 4.79 Å². The zero-order valence-electron chi connectivity index (χ0n) is 12.5. The van der Waals surface area contributed by atoms with Gasteiger partial charge in [-0.3, -0.25) is 0 Å². The smallest absolute Gasteiger partial charge is 0.317 e. The molecule has 1 N–H and O–H groups in total. The molecular weight excluding hydrogens is 364 g/mol. The Morgan fingerprint density at radius 1 is 1.23 bits per heavy atom. The van der Waals surface area contributed by atoms with Gasteiger partial charge in [0, 0.05) is 23.1 Å². The summed E-state index contributed by atoms with van der Waals surface area (Å²) in [6.45, 7) is 2.43. The topological polar surface area (TPSA) is 32.3 Å². The highest BCUT2D eigenvalue weighted by atomic mass is 79.9. The van der Waals surface area contributed by atoms with Crippen LogP contribution >= 0.6 is 27.5 Å². The summed E-state index contributed by atoms with van der Waals surface area (Å²) in [7, 11) is 1.76. The molecule has 1 unspecified atom stereocenters. The fourth-order valence-electron chi connectivity index (χ4n) is 2.08. The molecule has 0 aliphatic rings. The van der Waals surface area contributed by atoms with Gasteiger partial charge in [-0.1, -0.05) is 57.9 Å². The summed E-state index contributed by atoms with van der Waals surface area (Å²) < 4.78 is 1.02. The Kier molecular flexibility index (Phi) is 5.86. The first-order valence-electron chi connectivity index (χ1n) is 6.98. The Morgan fingerprint density at radius 2 is 1.86 bits per heavy atom. The minimum absolute atomic E-state index is 0.0608.